The van der Waals surface area contributed by atoms with E-state index < -0.39 is 11.8 Å². The number of thiophene rings is 1. The SMILES string of the molecule is CC(=O)OCC(=O)N1CCN(Cc2ccc(-c3cc4nccc(Oc5ccc(CC(=O)CC6CC6)cc5F)c4s3)nc2)C[C@@H]1C. The summed E-state index contributed by atoms with van der Waals surface area (Å²) in [6.45, 7) is 5.76. The van der Waals surface area contributed by atoms with Crippen LogP contribution >= 0.6 is 11.3 Å². The summed E-state index contributed by atoms with van der Waals surface area (Å²) < 4.78 is 26.6. The summed E-state index contributed by atoms with van der Waals surface area (Å²) in [6.07, 6.45) is 6.55. The summed E-state index contributed by atoms with van der Waals surface area (Å²) in [5.41, 5.74) is 3.24. The smallest absolute Gasteiger partial charge is 0.303 e. The van der Waals surface area contributed by atoms with Gasteiger partial charge in [0.05, 0.1) is 20.8 Å². The van der Waals surface area contributed by atoms with Crippen molar-refractivity contribution in [2.45, 2.75) is 52.1 Å². The van der Waals surface area contributed by atoms with Crippen LogP contribution < -0.4 is 4.74 Å². The molecule has 6 rings (SSSR count). The molecular formula is C34H35FN4O5S. The quantitative estimate of drug-likeness (QED) is 0.192. The van der Waals surface area contributed by atoms with Crippen LogP contribution in [0.25, 0.3) is 20.8 Å². The third-order valence-corrected chi connectivity index (χ3v) is 9.28. The van der Waals surface area contributed by atoms with Gasteiger partial charge in [0, 0.05) is 70.4 Å². The molecule has 234 valence electrons. The lowest BCUT2D eigenvalue weighted by Crippen LogP contribution is -2.54. The van der Waals surface area contributed by atoms with Crippen LogP contribution in [-0.2, 0) is 32.1 Å². The van der Waals surface area contributed by atoms with Crippen molar-refractivity contribution < 1.29 is 28.2 Å². The molecule has 45 heavy (non-hydrogen) atoms. The number of Topliss-reactive ketones (excluding diaryl/α,β-unsaturated/α-hetero) is 1. The molecule has 0 spiro atoms. The van der Waals surface area contributed by atoms with Crippen LogP contribution in [0.3, 0.4) is 0 Å². The molecule has 11 heteroatoms. The number of hydrogen-bond donors (Lipinski definition) is 0. The van der Waals surface area contributed by atoms with Gasteiger partial charge in [-0.05, 0) is 61.1 Å². The number of fused-ring (bicyclic) bond motifs is 1. The number of hydrogen-bond acceptors (Lipinski definition) is 9. The lowest BCUT2D eigenvalue weighted by molar-refractivity contribution is -0.152. The number of carbonyl (C=O) groups is 3. The van der Waals surface area contributed by atoms with Crippen molar-refractivity contribution >= 4 is 39.2 Å². The van der Waals surface area contributed by atoms with Crippen LogP contribution in [0, 0.1) is 11.7 Å². The molecule has 1 aliphatic carbocycles. The van der Waals surface area contributed by atoms with Crippen molar-refractivity contribution in [3.05, 3.63) is 71.8 Å². The normalized spacial score (nSPS) is 17.0. The zero-order valence-corrected chi connectivity index (χ0v) is 26.1. The van der Waals surface area contributed by atoms with Crippen molar-refractivity contribution in [3.63, 3.8) is 0 Å². The van der Waals surface area contributed by atoms with Crippen molar-refractivity contribution in [3.8, 4) is 22.1 Å². The number of esters is 1. The van der Waals surface area contributed by atoms with E-state index in [1.54, 1.807) is 29.3 Å². The lowest BCUT2D eigenvalue weighted by Gasteiger charge is -2.39. The minimum Gasteiger partial charge on any atom is -0.456 e. The number of amides is 1. The summed E-state index contributed by atoms with van der Waals surface area (Å²) in [5.74, 6) is 0.122. The van der Waals surface area contributed by atoms with Gasteiger partial charge in [-0.15, -0.1) is 11.3 Å². The third kappa shape index (κ3) is 7.72. The summed E-state index contributed by atoms with van der Waals surface area (Å²) in [5, 5.41) is 0. The first-order valence-electron chi connectivity index (χ1n) is 15.2. The molecular weight excluding hydrogens is 595 g/mol. The Kier molecular flexibility index (Phi) is 9.18. The molecule has 9 nitrogen and oxygen atoms in total. The van der Waals surface area contributed by atoms with Crippen molar-refractivity contribution in [1.29, 1.82) is 0 Å². The molecule has 1 saturated carbocycles. The molecule has 1 saturated heterocycles. The number of piperazine rings is 1. The Morgan fingerprint density at radius 3 is 2.56 bits per heavy atom. The average Bonchev–Trinajstić information content (AvgIpc) is 3.71. The molecule has 4 aromatic rings. The van der Waals surface area contributed by atoms with Gasteiger partial charge in [-0.25, -0.2) is 4.39 Å². The highest BCUT2D eigenvalue weighted by Gasteiger charge is 2.28. The van der Waals surface area contributed by atoms with E-state index in [4.69, 9.17) is 14.5 Å². The monoisotopic (exact) mass is 630 g/mol. The van der Waals surface area contributed by atoms with E-state index in [0.717, 1.165) is 39.2 Å². The first-order valence-corrected chi connectivity index (χ1v) is 16.0. The van der Waals surface area contributed by atoms with Crippen molar-refractivity contribution in [1.82, 2.24) is 19.8 Å². The predicted octanol–water partition coefficient (Wildman–Crippen LogP) is 5.80. The van der Waals surface area contributed by atoms with Gasteiger partial charge in [-0.3, -0.25) is 29.3 Å². The Hall–Kier alpha value is -4.22. The number of benzene rings is 1. The minimum atomic E-state index is -0.505. The second-order valence-electron chi connectivity index (χ2n) is 11.9. The number of carbonyl (C=O) groups excluding carboxylic acids is 3. The van der Waals surface area contributed by atoms with Gasteiger partial charge < -0.3 is 14.4 Å². The third-order valence-electron chi connectivity index (χ3n) is 8.12. The van der Waals surface area contributed by atoms with Gasteiger partial charge in [0.15, 0.2) is 18.2 Å². The molecule has 4 heterocycles. The second-order valence-corrected chi connectivity index (χ2v) is 12.9. The maximum atomic E-state index is 15.0. The van der Waals surface area contributed by atoms with Gasteiger partial charge in [-0.1, -0.05) is 12.1 Å². The van der Waals surface area contributed by atoms with Gasteiger partial charge in [0.1, 0.15) is 11.5 Å². The van der Waals surface area contributed by atoms with E-state index in [9.17, 15) is 18.8 Å². The largest absolute Gasteiger partial charge is 0.456 e. The zero-order chi connectivity index (χ0) is 31.5. The van der Waals surface area contributed by atoms with E-state index in [1.807, 2.05) is 31.3 Å². The number of ketones is 1. The second kappa shape index (κ2) is 13.4. The Morgan fingerprint density at radius 2 is 1.84 bits per heavy atom. The van der Waals surface area contributed by atoms with Crippen LogP contribution in [0.2, 0.25) is 0 Å². The molecule has 1 atom stereocenters. The fraction of sp³-hybridized carbons (Fsp3) is 0.382. The van der Waals surface area contributed by atoms with Crippen LogP contribution in [0.1, 0.15) is 44.2 Å². The Bertz CT molecular complexity index is 1720. The fourth-order valence-electron chi connectivity index (χ4n) is 5.64. The molecule has 1 aromatic carbocycles. The number of pyridine rings is 2. The molecule has 3 aromatic heterocycles. The number of halogens is 1. The molecule has 0 bridgehead atoms. The van der Waals surface area contributed by atoms with Crippen LogP contribution in [0.15, 0.2) is 54.9 Å². The fourth-order valence-corrected chi connectivity index (χ4v) is 6.68. The number of rotatable bonds is 11. The highest BCUT2D eigenvalue weighted by Crippen LogP contribution is 2.39. The van der Waals surface area contributed by atoms with E-state index in [0.29, 0.717) is 49.8 Å². The summed E-state index contributed by atoms with van der Waals surface area (Å²) in [6, 6.07) is 12.4. The molecule has 0 radical (unpaired) electrons. The van der Waals surface area contributed by atoms with Gasteiger partial charge in [-0.2, -0.15) is 0 Å². The van der Waals surface area contributed by atoms with Crippen LogP contribution in [-0.4, -0.2) is 69.7 Å². The Labute approximate surface area is 265 Å². The molecule has 2 aliphatic rings. The minimum absolute atomic E-state index is 0.00376. The Morgan fingerprint density at radius 1 is 1.02 bits per heavy atom. The van der Waals surface area contributed by atoms with Crippen molar-refractivity contribution in [2.24, 2.45) is 5.92 Å². The summed E-state index contributed by atoms with van der Waals surface area (Å²) in [4.78, 5) is 49.8. The van der Waals surface area contributed by atoms with E-state index >= 15 is 0 Å². The molecule has 0 unspecified atom stereocenters. The lowest BCUT2D eigenvalue weighted by atomic mass is 10.0. The number of ether oxygens (including phenoxy) is 2. The summed E-state index contributed by atoms with van der Waals surface area (Å²) in [7, 11) is 0. The highest BCUT2D eigenvalue weighted by molar-refractivity contribution is 7.22. The van der Waals surface area contributed by atoms with Crippen LogP contribution in [0.5, 0.6) is 11.5 Å². The molecule has 0 N–H and O–H groups in total. The van der Waals surface area contributed by atoms with Crippen molar-refractivity contribution in [2.75, 3.05) is 26.2 Å². The molecule has 1 amide bonds. The number of aromatic nitrogens is 2. The maximum Gasteiger partial charge on any atom is 0.303 e. The van der Waals surface area contributed by atoms with E-state index in [-0.39, 0.29) is 36.5 Å². The maximum absolute atomic E-state index is 15.0. The molecule has 2 fully saturated rings. The van der Waals surface area contributed by atoms with Gasteiger partial charge in [0.25, 0.3) is 5.91 Å². The first kappa shape index (κ1) is 30.8. The first-order chi connectivity index (χ1) is 21.7. The Balaban J connectivity index is 1.08. The van der Waals surface area contributed by atoms with Crippen LogP contribution in [0.4, 0.5) is 4.39 Å². The van der Waals surface area contributed by atoms with Gasteiger partial charge in [0.2, 0.25) is 0 Å². The highest BCUT2D eigenvalue weighted by atomic mass is 32.1. The molecule has 1 aliphatic heterocycles. The number of nitrogens with zero attached hydrogens (tertiary/aromatic N) is 4. The topological polar surface area (TPSA) is 102 Å². The zero-order valence-electron chi connectivity index (χ0n) is 25.3. The standard InChI is InChI=1S/C34H35FN4O5S/c1-21-18-38(11-12-39(21)33(42)20-43-22(2)40)19-25-5-7-28(37-17-25)32-16-29-34(45-32)31(9-10-36-29)44-30-8-6-24(15-27(30)35)14-26(41)13-23-3-4-23/h5-10,15-17,21,23H,3-4,11-14,18-20H2,1-2H3/t21-/m0/s1. The van der Waals surface area contributed by atoms with E-state index in [1.165, 1.54) is 24.3 Å². The van der Waals surface area contributed by atoms with E-state index in [2.05, 4.69) is 9.88 Å². The summed E-state index contributed by atoms with van der Waals surface area (Å²) >= 11 is 1.48. The van der Waals surface area contributed by atoms with Gasteiger partial charge >= 0.3 is 5.97 Å². The predicted molar refractivity (Wildman–Crippen MR) is 168 cm³/mol. The average molecular weight is 631 g/mol.